The van der Waals surface area contributed by atoms with Crippen LogP contribution in [0.1, 0.15) is 63.9 Å². The summed E-state index contributed by atoms with van der Waals surface area (Å²) in [6, 6.07) is 6.93. The standard InChI is InChI=1S/C19H30N2O3S/c1-2-3-15-20-19(22)14-11-16-9-12-18(13-10-16)25(23,24)21-17-7-5-4-6-8-17/h9-10,12-13,17,21H,2-8,11,14-15H2,1H3,(H,20,22). The van der Waals surface area contributed by atoms with E-state index in [-0.39, 0.29) is 11.9 Å². The highest BCUT2D eigenvalue weighted by Gasteiger charge is 2.21. The zero-order valence-corrected chi connectivity index (χ0v) is 15.9. The van der Waals surface area contributed by atoms with Crippen molar-refractivity contribution in [2.45, 2.75) is 75.6 Å². The van der Waals surface area contributed by atoms with E-state index in [9.17, 15) is 13.2 Å². The van der Waals surface area contributed by atoms with Crippen molar-refractivity contribution in [1.29, 1.82) is 0 Å². The molecule has 5 nitrogen and oxygen atoms in total. The summed E-state index contributed by atoms with van der Waals surface area (Å²) in [5.74, 6) is 0.0455. The largest absolute Gasteiger partial charge is 0.356 e. The van der Waals surface area contributed by atoms with Gasteiger partial charge in [0.1, 0.15) is 0 Å². The average Bonchev–Trinajstić information content (AvgIpc) is 2.61. The van der Waals surface area contributed by atoms with Gasteiger partial charge in [-0.1, -0.05) is 44.7 Å². The summed E-state index contributed by atoms with van der Waals surface area (Å²) >= 11 is 0. The second-order valence-corrected chi connectivity index (χ2v) is 8.52. The Labute approximate surface area is 151 Å². The maximum atomic E-state index is 12.4. The molecule has 0 saturated heterocycles. The van der Waals surface area contributed by atoms with E-state index in [2.05, 4.69) is 17.0 Å². The molecule has 1 aliphatic carbocycles. The Kier molecular flexibility index (Phi) is 7.90. The Morgan fingerprint density at radius 1 is 1.12 bits per heavy atom. The van der Waals surface area contributed by atoms with Crippen LogP contribution in [0.4, 0.5) is 0 Å². The van der Waals surface area contributed by atoms with Crippen LogP contribution in [0, 0.1) is 0 Å². The van der Waals surface area contributed by atoms with Gasteiger partial charge in [0, 0.05) is 19.0 Å². The summed E-state index contributed by atoms with van der Waals surface area (Å²) in [5.41, 5.74) is 0.974. The Morgan fingerprint density at radius 3 is 2.44 bits per heavy atom. The first-order chi connectivity index (χ1) is 12.0. The molecule has 0 aromatic heterocycles. The van der Waals surface area contributed by atoms with E-state index in [1.165, 1.54) is 6.42 Å². The fraction of sp³-hybridized carbons (Fsp3) is 0.632. The molecular formula is C19H30N2O3S. The predicted octanol–water partition coefficient (Wildman–Crippen LogP) is 3.15. The molecule has 1 saturated carbocycles. The van der Waals surface area contributed by atoms with Crippen molar-refractivity contribution < 1.29 is 13.2 Å². The van der Waals surface area contributed by atoms with Crippen LogP contribution >= 0.6 is 0 Å². The highest BCUT2D eigenvalue weighted by Crippen LogP contribution is 2.20. The number of nitrogens with one attached hydrogen (secondary N) is 2. The smallest absolute Gasteiger partial charge is 0.240 e. The molecule has 1 aromatic rings. The van der Waals surface area contributed by atoms with Crippen molar-refractivity contribution in [2.24, 2.45) is 0 Å². The van der Waals surface area contributed by atoms with E-state index in [1.807, 2.05) is 0 Å². The SMILES string of the molecule is CCCCNC(=O)CCc1ccc(S(=O)(=O)NC2CCCCC2)cc1. The van der Waals surface area contributed by atoms with Gasteiger partial charge < -0.3 is 5.32 Å². The first kappa shape index (κ1) is 19.9. The number of amides is 1. The topological polar surface area (TPSA) is 75.3 Å². The van der Waals surface area contributed by atoms with Gasteiger partial charge in [-0.25, -0.2) is 13.1 Å². The molecule has 0 heterocycles. The van der Waals surface area contributed by atoms with Crippen molar-refractivity contribution >= 4 is 15.9 Å². The highest BCUT2D eigenvalue weighted by atomic mass is 32.2. The van der Waals surface area contributed by atoms with E-state index in [0.717, 1.165) is 50.6 Å². The molecular weight excluding hydrogens is 336 g/mol. The number of benzene rings is 1. The minimum atomic E-state index is -3.45. The molecule has 1 aliphatic rings. The number of unbranched alkanes of at least 4 members (excludes halogenated alkanes) is 1. The van der Waals surface area contributed by atoms with Crippen LogP contribution in [0.3, 0.4) is 0 Å². The molecule has 25 heavy (non-hydrogen) atoms. The Balaban J connectivity index is 1.84. The van der Waals surface area contributed by atoms with Crippen LogP contribution in [-0.2, 0) is 21.2 Å². The zero-order valence-electron chi connectivity index (χ0n) is 15.1. The predicted molar refractivity (Wildman–Crippen MR) is 99.9 cm³/mol. The van der Waals surface area contributed by atoms with Crippen molar-refractivity contribution in [3.63, 3.8) is 0 Å². The monoisotopic (exact) mass is 366 g/mol. The van der Waals surface area contributed by atoms with E-state index in [4.69, 9.17) is 0 Å². The normalized spacial score (nSPS) is 15.9. The third-order valence-corrected chi connectivity index (χ3v) is 6.19. The lowest BCUT2D eigenvalue weighted by Crippen LogP contribution is -2.36. The minimum Gasteiger partial charge on any atom is -0.356 e. The minimum absolute atomic E-state index is 0.0455. The molecule has 0 bridgehead atoms. The van der Waals surface area contributed by atoms with Gasteiger partial charge in [0.05, 0.1) is 4.90 Å². The average molecular weight is 367 g/mol. The first-order valence-electron chi connectivity index (χ1n) is 9.39. The van der Waals surface area contributed by atoms with Crippen LogP contribution < -0.4 is 10.0 Å². The third kappa shape index (κ3) is 6.78. The Hall–Kier alpha value is -1.40. The summed E-state index contributed by atoms with van der Waals surface area (Å²) in [5, 5.41) is 2.89. The van der Waals surface area contributed by atoms with Gasteiger partial charge >= 0.3 is 0 Å². The molecule has 2 N–H and O–H groups in total. The van der Waals surface area contributed by atoms with E-state index in [1.54, 1.807) is 24.3 Å². The number of hydrogen-bond donors (Lipinski definition) is 2. The molecule has 6 heteroatoms. The molecule has 0 aliphatic heterocycles. The number of aryl methyl sites for hydroxylation is 1. The quantitative estimate of drug-likeness (QED) is 0.659. The summed E-state index contributed by atoms with van der Waals surface area (Å²) < 4.78 is 27.7. The lowest BCUT2D eigenvalue weighted by Gasteiger charge is -2.22. The van der Waals surface area contributed by atoms with Crippen molar-refractivity contribution in [1.82, 2.24) is 10.0 Å². The summed E-state index contributed by atoms with van der Waals surface area (Å²) in [6.07, 6.45) is 8.31. The van der Waals surface area contributed by atoms with Crippen molar-refractivity contribution in [3.05, 3.63) is 29.8 Å². The van der Waals surface area contributed by atoms with Gasteiger partial charge in [-0.3, -0.25) is 4.79 Å². The van der Waals surface area contributed by atoms with Gasteiger partial charge in [0.25, 0.3) is 0 Å². The van der Waals surface area contributed by atoms with Gasteiger partial charge in [-0.05, 0) is 43.4 Å². The first-order valence-corrected chi connectivity index (χ1v) is 10.9. The van der Waals surface area contributed by atoms with Crippen molar-refractivity contribution in [2.75, 3.05) is 6.54 Å². The number of hydrogen-bond acceptors (Lipinski definition) is 3. The summed E-state index contributed by atoms with van der Waals surface area (Å²) in [7, 11) is -3.45. The fourth-order valence-electron chi connectivity index (χ4n) is 3.09. The van der Waals surface area contributed by atoms with Crippen LogP contribution in [0.2, 0.25) is 0 Å². The van der Waals surface area contributed by atoms with E-state index >= 15 is 0 Å². The van der Waals surface area contributed by atoms with Gasteiger partial charge in [0.15, 0.2) is 0 Å². The maximum absolute atomic E-state index is 12.4. The molecule has 1 amide bonds. The van der Waals surface area contributed by atoms with Crippen LogP contribution in [0.15, 0.2) is 29.2 Å². The molecule has 0 unspecified atom stereocenters. The molecule has 0 radical (unpaired) electrons. The van der Waals surface area contributed by atoms with Crippen LogP contribution in [-0.4, -0.2) is 26.9 Å². The summed E-state index contributed by atoms with van der Waals surface area (Å²) in [4.78, 5) is 12.0. The summed E-state index contributed by atoms with van der Waals surface area (Å²) in [6.45, 7) is 2.81. The van der Waals surface area contributed by atoms with Gasteiger partial charge in [0.2, 0.25) is 15.9 Å². The molecule has 140 valence electrons. The highest BCUT2D eigenvalue weighted by molar-refractivity contribution is 7.89. The van der Waals surface area contributed by atoms with E-state index in [0.29, 0.717) is 17.7 Å². The molecule has 0 atom stereocenters. The zero-order chi connectivity index (χ0) is 18.1. The molecule has 2 rings (SSSR count). The van der Waals surface area contributed by atoms with Crippen molar-refractivity contribution in [3.8, 4) is 0 Å². The Bertz CT molecular complexity index is 635. The molecule has 1 fully saturated rings. The van der Waals surface area contributed by atoms with Gasteiger partial charge in [-0.2, -0.15) is 0 Å². The lowest BCUT2D eigenvalue weighted by molar-refractivity contribution is -0.121. The lowest BCUT2D eigenvalue weighted by atomic mass is 9.96. The maximum Gasteiger partial charge on any atom is 0.240 e. The number of rotatable bonds is 9. The second-order valence-electron chi connectivity index (χ2n) is 6.80. The number of carbonyl (C=O) groups is 1. The number of sulfonamides is 1. The van der Waals surface area contributed by atoms with Gasteiger partial charge in [-0.15, -0.1) is 0 Å². The Morgan fingerprint density at radius 2 is 1.80 bits per heavy atom. The second kappa shape index (κ2) is 9.92. The van der Waals surface area contributed by atoms with Crippen LogP contribution in [0.5, 0.6) is 0 Å². The third-order valence-electron chi connectivity index (χ3n) is 4.65. The number of carbonyl (C=O) groups excluding carboxylic acids is 1. The van der Waals surface area contributed by atoms with Crippen LogP contribution in [0.25, 0.3) is 0 Å². The fourth-order valence-corrected chi connectivity index (χ4v) is 4.40. The van der Waals surface area contributed by atoms with E-state index < -0.39 is 10.0 Å². The molecule has 1 aromatic carbocycles. The molecule has 0 spiro atoms.